The molecule has 27 heavy (non-hydrogen) atoms. The monoisotopic (exact) mass is 405 g/mol. The van der Waals surface area contributed by atoms with Gasteiger partial charge in [-0.3, -0.25) is 14.6 Å². The number of rotatable bonds is 4. The Labute approximate surface area is 168 Å². The maximum Gasteiger partial charge on any atom is 0.272 e. The minimum absolute atomic E-state index is 0.175. The van der Waals surface area contributed by atoms with Crippen molar-refractivity contribution in [2.24, 2.45) is 7.05 Å². The molecule has 1 unspecified atom stereocenters. The summed E-state index contributed by atoms with van der Waals surface area (Å²) in [5.74, 6) is -0.175. The number of hydrogen-bond donors (Lipinski definition) is 1. The van der Waals surface area contributed by atoms with Crippen molar-refractivity contribution in [1.82, 2.24) is 24.9 Å². The second-order valence-corrected chi connectivity index (χ2v) is 7.44. The first-order valence-electron chi connectivity index (χ1n) is 8.48. The van der Waals surface area contributed by atoms with Crippen molar-refractivity contribution < 1.29 is 4.79 Å². The maximum absolute atomic E-state index is 12.9. The zero-order valence-corrected chi connectivity index (χ0v) is 17.4. The molecule has 0 saturated carbocycles. The van der Waals surface area contributed by atoms with E-state index in [1.807, 2.05) is 33.9 Å². The Hall–Kier alpha value is -2.31. The quantitative estimate of drug-likeness (QED) is 0.691. The van der Waals surface area contributed by atoms with E-state index in [2.05, 4.69) is 15.3 Å². The van der Waals surface area contributed by atoms with Crippen LogP contribution in [0.2, 0.25) is 10.0 Å². The number of aryl methyl sites for hydroxylation is 2. The number of H-pyrrole nitrogens is 1. The van der Waals surface area contributed by atoms with E-state index in [-0.39, 0.29) is 11.9 Å². The summed E-state index contributed by atoms with van der Waals surface area (Å²) >= 11 is 12.3. The molecule has 0 fully saturated rings. The Balaban J connectivity index is 1.87. The maximum atomic E-state index is 12.9. The third-order valence-electron chi connectivity index (χ3n) is 4.89. The van der Waals surface area contributed by atoms with E-state index in [1.54, 1.807) is 34.8 Å². The van der Waals surface area contributed by atoms with E-state index in [1.165, 1.54) is 0 Å². The Kier molecular flexibility index (Phi) is 5.31. The zero-order chi connectivity index (χ0) is 19.9. The molecule has 3 rings (SSSR count). The Morgan fingerprint density at radius 1 is 1.26 bits per heavy atom. The highest BCUT2D eigenvalue weighted by molar-refractivity contribution is 6.35. The standard InChI is InChI=1S/C19H21Cl2N5O/c1-10-18(12(3)26(5)24-10)16-9-17(23-22-16)19(27)25(4)11(2)14-7-6-13(20)8-15(14)21/h6-9,11H,1-5H3,(H,22,23). The summed E-state index contributed by atoms with van der Waals surface area (Å²) in [7, 11) is 3.62. The van der Waals surface area contributed by atoms with Crippen molar-refractivity contribution in [2.75, 3.05) is 7.05 Å². The fourth-order valence-electron chi connectivity index (χ4n) is 3.12. The van der Waals surface area contributed by atoms with Gasteiger partial charge in [-0.2, -0.15) is 10.2 Å². The van der Waals surface area contributed by atoms with Crippen LogP contribution in [-0.2, 0) is 7.05 Å². The summed E-state index contributed by atoms with van der Waals surface area (Å²) in [4.78, 5) is 14.5. The molecule has 0 aliphatic carbocycles. The average molecular weight is 406 g/mol. The van der Waals surface area contributed by atoms with E-state index in [9.17, 15) is 4.79 Å². The normalized spacial score (nSPS) is 12.3. The van der Waals surface area contributed by atoms with E-state index in [0.29, 0.717) is 21.4 Å². The molecule has 3 aromatic rings. The predicted octanol–water partition coefficient (Wildman–Crippen LogP) is 4.57. The first kappa shape index (κ1) is 19.5. The van der Waals surface area contributed by atoms with Gasteiger partial charge >= 0.3 is 0 Å². The van der Waals surface area contributed by atoms with Gasteiger partial charge in [-0.25, -0.2) is 0 Å². The fraction of sp³-hybridized carbons (Fsp3) is 0.316. The van der Waals surface area contributed by atoms with E-state index in [0.717, 1.165) is 22.5 Å². The Bertz CT molecular complexity index is 1010. The van der Waals surface area contributed by atoms with Gasteiger partial charge in [0.2, 0.25) is 0 Å². The second kappa shape index (κ2) is 7.37. The average Bonchev–Trinajstić information content (AvgIpc) is 3.18. The van der Waals surface area contributed by atoms with Crippen LogP contribution in [0.25, 0.3) is 11.3 Å². The first-order valence-corrected chi connectivity index (χ1v) is 9.24. The number of carbonyl (C=O) groups excluding carboxylic acids is 1. The van der Waals surface area contributed by atoms with Gasteiger partial charge in [0, 0.05) is 35.4 Å². The third kappa shape index (κ3) is 3.59. The van der Waals surface area contributed by atoms with Gasteiger partial charge in [0.05, 0.1) is 17.4 Å². The van der Waals surface area contributed by atoms with Gasteiger partial charge in [-0.05, 0) is 44.5 Å². The lowest BCUT2D eigenvalue weighted by molar-refractivity contribution is 0.0737. The fourth-order valence-corrected chi connectivity index (χ4v) is 3.68. The summed E-state index contributed by atoms with van der Waals surface area (Å²) in [6, 6.07) is 6.80. The molecule has 8 heteroatoms. The molecular formula is C19H21Cl2N5O. The molecule has 1 aromatic carbocycles. The van der Waals surface area contributed by atoms with Gasteiger partial charge in [0.1, 0.15) is 5.69 Å². The first-order chi connectivity index (χ1) is 12.7. The number of amides is 1. The Morgan fingerprint density at radius 3 is 2.56 bits per heavy atom. The molecule has 2 heterocycles. The number of halogens is 2. The molecule has 0 saturated heterocycles. The largest absolute Gasteiger partial charge is 0.334 e. The highest BCUT2D eigenvalue weighted by Crippen LogP contribution is 2.30. The second-order valence-electron chi connectivity index (χ2n) is 6.59. The van der Waals surface area contributed by atoms with Crippen LogP contribution >= 0.6 is 23.2 Å². The smallest absolute Gasteiger partial charge is 0.272 e. The molecule has 0 radical (unpaired) electrons. The van der Waals surface area contributed by atoms with Gasteiger partial charge < -0.3 is 4.90 Å². The summed E-state index contributed by atoms with van der Waals surface area (Å²) < 4.78 is 1.80. The van der Waals surface area contributed by atoms with Crippen molar-refractivity contribution in [3.05, 3.63) is 57.0 Å². The van der Waals surface area contributed by atoms with Gasteiger partial charge in [0.15, 0.2) is 0 Å². The number of hydrogen-bond acceptors (Lipinski definition) is 3. The number of aromatic nitrogens is 4. The Morgan fingerprint density at radius 2 is 1.96 bits per heavy atom. The molecule has 142 valence electrons. The minimum atomic E-state index is -0.226. The van der Waals surface area contributed by atoms with Crippen molar-refractivity contribution in [1.29, 1.82) is 0 Å². The van der Waals surface area contributed by atoms with E-state index in [4.69, 9.17) is 23.2 Å². The molecule has 0 bridgehead atoms. The lowest BCUT2D eigenvalue weighted by Gasteiger charge is -2.25. The number of nitrogens with zero attached hydrogens (tertiary/aromatic N) is 4. The zero-order valence-electron chi connectivity index (χ0n) is 15.8. The summed E-state index contributed by atoms with van der Waals surface area (Å²) in [6.07, 6.45) is 0. The SMILES string of the molecule is Cc1nn(C)c(C)c1-c1cc(C(=O)N(C)C(C)c2ccc(Cl)cc2Cl)[nH]n1. The molecule has 0 spiro atoms. The number of carbonyl (C=O) groups is 1. The highest BCUT2D eigenvalue weighted by Gasteiger charge is 2.24. The van der Waals surface area contributed by atoms with Crippen LogP contribution in [0.5, 0.6) is 0 Å². The van der Waals surface area contributed by atoms with E-state index >= 15 is 0 Å². The topological polar surface area (TPSA) is 66.8 Å². The van der Waals surface area contributed by atoms with Gasteiger partial charge in [-0.1, -0.05) is 29.3 Å². The summed E-state index contributed by atoms with van der Waals surface area (Å²) in [6.45, 7) is 5.82. The number of benzene rings is 1. The lowest BCUT2D eigenvalue weighted by atomic mass is 10.1. The molecular weight excluding hydrogens is 385 g/mol. The summed E-state index contributed by atoms with van der Waals surface area (Å²) in [5, 5.41) is 12.7. The number of nitrogens with one attached hydrogen (secondary N) is 1. The van der Waals surface area contributed by atoms with Gasteiger partial charge in [0.25, 0.3) is 5.91 Å². The van der Waals surface area contributed by atoms with Crippen molar-refractivity contribution in [3.8, 4) is 11.3 Å². The van der Waals surface area contributed by atoms with Crippen LogP contribution in [0.15, 0.2) is 24.3 Å². The molecule has 0 aliphatic rings. The van der Waals surface area contributed by atoms with Crippen molar-refractivity contribution in [3.63, 3.8) is 0 Å². The van der Waals surface area contributed by atoms with E-state index < -0.39 is 0 Å². The van der Waals surface area contributed by atoms with Crippen LogP contribution in [0.3, 0.4) is 0 Å². The molecule has 0 aliphatic heterocycles. The predicted molar refractivity (Wildman–Crippen MR) is 107 cm³/mol. The van der Waals surface area contributed by atoms with Crippen LogP contribution in [0.1, 0.15) is 40.4 Å². The highest BCUT2D eigenvalue weighted by atomic mass is 35.5. The van der Waals surface area contributed by atoms with Crippen molar-refractivity contribution >= 4 is 29.1 Å². The summed E-state index contributed by atoms with van der Waals surface area (Å²) in [5.41, 5.74) is 4.74. The van der Waals surface area contributed by atoms with Gasteiger partial charge in [-0.15, -0.1) is 0 Å². The molecule has 1 N–H and O–H groups in total. The molecule has 6 nitrogen and oxygen atoms in total. The molecule has 2 aromatic heterocycles. The molecule has 1 amide bonds. The third-order valence-corrected chi connectivity index (χ3v) is 5.45. The van der Waals surface area contributed by atoms with Crippen molar-refractivity contribution in [2.45, 2.75) is 26.8 Å². The molecule has 1 atom stereocenters. The minimum Gasteiger partial charge on any atom is -0.334 e. The number of aromatic amines is 1. The van der Waals surface area contributed by atoms with Crippen LogP contribution in [0.4, 0.5) is 0 Å². The van der Waals surface area contributed by atoms with Crippen LogP contribution < -0.4 is 0 Å². The van der Waals surface area contributed by atoms with Crippen LogP contribution in [-0.4, -0.2) is 37.8 Å². The lowest BCUT2D eigenvalue weighted by Crippen LogP contribution is -2.30. The van der Waals surface area contributed by atoms with Crippen LogP contribution in [0, 0.1) is 13.8 Å².